The molecule has 0 aliphatic heterocycles. The van der Waals surface area contributed by atoms with Crippen LogP contribution in [0.5, 0.6) is 11.5 Å². The number of amides is 1. The normalized spacial score (nSPS) is 12.4. The number of rotatable bonds is 5. The number of halogens is 3. The lowest BCUT2D eigenvalue weighted by molar-refractivity contribution is -0.274. The number of carbonyl (C=O) groups excluding carboxylic acids is 1. The second-order valence-electron chi connectivity index (χ2n) is 5.59. The van der Waals surface area contributed by atoms with Crippen LogP contribution in [0.25, 0.3) is 0 Å². The van der Waals surface area contributed by atoms with E-state index in [0.717, 1.165) is 23.3 Å². The quantitative estimate of drug-likeness (QED) is 0.854. The van der Waals surface area contributed by atoms with Crippen LogP contribution in [-0.4, -0.2) is 18.4 Å². The van der Waals surface area contributed by atoms with Crippen molar-refractivity contribution in [2.75, 3.05) is 5.32 Å². The molecule has 1 amide bonds. The molecule has 0 aromatic heterocycles. The van der Waals surface area contributed by atoms with Crippen molar-refractivity contribution in [3.63, 3.8) is 0 Å². The highest BCUT2D eigenvalue weighted by Gasteiger charge is 2.31. The average Bonchev–Trinajstić information content (AvgIpc) is 2.51. The Balaban J connectivity index is 1.97. The highest BCUT2D eigenvalue weighted by atomic mass is 19.4. The number of carbonyl (C=O) groups is 1. The lowest BCUT2D eigenvalue weighted by Crippen LogP contribution is -2.30. The van der Waals surface area contributed by atoms with Gasteiger partial charge < -0.3 is 14.8 Å². The van der Waals surface area contributed by atoms with Crippen molar-refractivity contribution in [2.24, 2.45) is 0 Å². The summed E-state index contributed by atoms with van der Waals surface area (Å²) in [6.45, 7) is 5.39. The fraction of sp³-hybridized carbons (Fsp3) is 0.278. The van der Waals surface area contributed by atoms with E-state index in [2.05, 4.69) is 10.1 Å². The molecule has 0 fully saturated rings. The Labute approximate surface area is 143 Å². The van der Waals surface area contributed by atoms with Crippen molar-refractivity contribution in [3.8, 4) is 11.5 Å². The molecule has 0 unspecified atom stereocenters. The number of hydrogen-bond acceptors (Lipinski definition) is 3. The van der Waals surface area contributed by atoms with E-state index in [1.807, 2.05) is 32.0 Å². The monoisotopic (exact) mass is 353 g/mol. The lowest BCUT2D eigenvalue weighted by Gasteiger charge is -2.17. The molecule has 7 heteroatoms. The van der Waals surface area contributed by atoms with Crippen LogP contribution >= 0.6 is 0 Å². The molecule has 0 aliphatic carbocycles. The van der Waals surface area contributed by atoms with Gasteiger partial charge in [-0.3, -0.25) is 4.79 Å². The molecule has 2 aromatic carbocycles. The van der Waals surface area contributed by atoms with Crippen LogP contribution in [0.2, 0.25) is 0 Å². The van der Waals surface area contributed by atoms with Gasteiger partial charge in [-0.2, -0.15) is 0 Å². The van der Waals surface area contributed by atoms with Gasteiger partial charge >= 0.3 is 6.36 Å². The third-order valence-corrected chi connectivity index (χ3v) is 3.37. The topological polar surface area (TPSA) is 47.6 Å². The summed E-state index contributed by atoms with van der Waals surface area (Å²) in [6.07, 6.45) is -5.52. The molecule has 4 nitrogen and oxygen atoms in total. The molecular weight excluding hydrogens is 335 g/mol. The summed E-state index contributed by atoms with van der Waals surface area (Å²) in [5, 5.41) is 2.59. The summed E-state index contributed by atoms with van der Waals surface area (Å²) in [6, 6.07) is 10.6. The zero-order valence-electron chi connectivity index (χ0n) is 14.0. The number of ether oxygens (including phenoxy) is 2. The van der Waals surface area contributed by atoms with Crippen molar-refractivity contribution in [2.45, 2.75) is 33.2 Å². The number of aryl methyl sites for hydroxylation is 2. The molecule has 0 saturated carbocycles. The van der Waals surface area contributed by atoms with Gasteiger partial charge in [-0.05, 0) is 62.2 Å². The van der Waals surface area contributed by atoms with Gasteiger partial charge in [-0.1, -0.05) is 12.1 Å². The van der Waals surface area contributed by atoms with Crippen LogP contribution in [0.3, 0.4) is 0 Å². The minimum atomic E-state index is -4.75. The second kappa shape index (κ2) is 7.46. The van der Waals surface area contributed by atoms with Crippen molar-refractivity contribution in [3.05, 3.63) is 53.6 Å². The standard InChI is InChI=1S/C18H18F3NO3/c1-11-4-5-12(2)16(10-11)24-13(3)17(23)22-14-6-8-15(9-7-14)25-18(19,20)21/h4-10,13H,1-3H3,(H,22,23)/t13-/m0/s1. The second-order valence-corrected chi connectivity index (χ2v) is 5.59. The zero-order chi connectivity index (χ0) is 18.6. The summed E-state index contributed by atoms with van der Waals surface area (Å²) < 4.78 is 45.8. The predicted molar refractivity (Wildman–Crippen MR) is 87.8 cm³/mol. The Hall–Kier alpha value is -2.70. The molecule has 0 saturated heterocycles. The first-order valence-electron chi connectivity index (χ1n) is 7.54. The minimum Gasteiger partial charge on any atom is -0.481 e. The largest absolute Gasteiger partial charge is 0.573 e. The summed E-state index contributed by atoms with van der Waals surface area (Å²) >= 11 is 0. The summed E-state index contributed by atoms with van der Waals surface area (Å²) in [7, 11) is 0. The third-order valence-electron chi connectivity index (χ3n) is 3.37. The molecule has 0 heterocycles. The van der Waals surface area contributed by atoms with Crippen molar-refractivity contribution in [1.82, 2.24) is 0 Å². The van der Waals surface area contributed by atoms with E-state index in [1.165, 1.54) is 12.1 Å². The van der Waals surface area contributed by atoms with Gasteiger partial charge in [0.2, 0.25) is 0 Å². The predicted octanol–water partition coefficient (Wildman–Crippen LogP) is 4.61. The molecule has 2 aromatic rings. The number of alkyl halides is 3. The van der Waals surface area contributed by atoms with Crippen molar-refractivity contribution < 1.29 is 27.4 Å². The molecule has 0 spiro atoms. The summed E-state index contributed by atoms with van der Waals surface area (Å²) in [4.78, 5) is 12.2. The Kier molecular flexibility index (Phi) is 5.56. The van der Waals surface area contributed by atoms with E-state index in [4.69, 9.17) is 4.74 Å². The van der Waals surface area contributed by atoms with E-state index in [-0.39, 0.29) is 5.75 Å². The lowest BCUT2D eigenvalue weighted by atomic mass is 10.1. The average molecular weight is 353 g/mol. The van der Waals surface area contributed by atoms with Gasteiger partial charge in [0.15, 0.2) is 6.10 Å². The fourth-order valence-corrected chi connectivity index (χ4v) is 2.06. The Morgan fingerprint density at radius 1 is 1.08 bits per heavy atom. The van der Waals surface area contributed by atoms with E-state index >= 15 is 0 Å². The molecular formula is C18H18F3NO3. The maximum absolute atomic E-state index is 12.2. The first-order valence-corrected chi connectivity index (χ1v) is 7.54. The maximum Gasteiger partial charge on any atom is 0.573 e. The fourth-order valence-electron chi connectivity index (χ4n) is 2.06. The molecule has 25 heavy (non-hydrogen) atoms. The van der Waals surface area contributed by atoms with Gasteiger partial charge in [0.05, 0.1) is 0 Å². The molecule has 1 atom stereocenters. The summed E-state index contributed by atoms with van der Waals surface area (Å²) in [5.74, 6) is -0.160. The van der Waals surface area contributed by atoms with Crippen LogP contribution in [0.1, 0.15) is 18.1 Å². The molecule has 134 valence electrons. The van der Waals surface area contributed by atoms with Crippen LogP contribution in [0, 0.1) is 13.8 Å². The number of nitrogens with one attached hydrogen (secondary N) is 1. The van der Waals surface area contributed by atoms with Crippen molar-refractivity contribution >= 4 is 11.6 Å². The Morgan fingerprint density at radius 2 is 1.72 bits per heavy atom. The van der Waals surface area contributed by atoms with Crippen LogP contribution in [0.4, 0.5) is 18.9 Å². The van der Waals surface area contributed by atoms with Gasteiger partial charge in [0, 0.05) is 5.69 Å². The maximum atomic E-state index is 12.2. The van der Waals surface area contributed by atoms with Gasteiger partial charge in [-0.25, -0.2) is 0 Å². The molecule has 0 bridgehead atoms. The van der Waals surface area contributed by atoms with Crippen LogP contribution in [-0.2, 0) is 4.79 Å². The van der Waals surface area contributed by atoms with Crippen molar-refractivity contribution in [1.29, 1.82) is 0 Å². The SMILES string of the molecule is Cc1ccc(C)c(O[C@@H](C)C(=O)Nc2ccc(OC(F)(F)F)cc2)c1. The first-order chi connectivity index (χ1) is 11.6. The molecule has 1 N–H and O–H groups in total. The van der Waals surface area contributed by atoms with Gasteiger partial charge in [0.1, 0.15) is 11.5 Å². The highest BCUT2D eigenvalue weighted by Crippen LogP contribution is 2.24. The van der Waals surface area contributed by atoms with Crippen LogP contribution in [0.15, 0.2) is 42.5 Å². The van der Waals surface area contributed by atoms with Gasteiger partial charge in [-0.15, -0.1) is 13.2 Å². The first kappa shape index (κ1) is 18.6. The highest BCUT2D eigenvalue weighted by molar-refractivity contribution is 5.94. The van der Waals surface area contributed by atoms with E-state index in [0.29, 0.717) is 11.4 Å². The van der Waals surface area contributed by atoms with E-state index in [9.17, 15) is 18.0 Å². The van der Waals surface area contributed by atoms with Gasteiger partial charge in [0.25, 0.3) is 5.91 Å². The Bertz CT molecular complexity index is 742. The Morgan fingerprint density at radius 3 is 2.32 bits per heavy atom. The number of hydrogen-bond donors (Lipinski definition) is 1. The third kappa shape index (κ3) is 5.70. The van der Waals surface area contributed by atoms with E-state index in [1.54, 1.807) is 6.92 Å². The molecule has 2 rings (SSSR count). The minimum absolute atomic E-state index is 0.343. The van der Waals surface area contributed by atoms with E-state index < -0.39 is 18.4 Å². The smallest absolute Gasteiger partial charge is 0.481 e. The summed E-state index contributed by atoms with van der Waals surface area (Å²) in [5.41, 5.74) is 2.25. The number of benzene rings is 2. The molecule has 0 radical (unpaired) electrons. The number of anilines is 1. The van der Waals surface area contributed by atoms with Crippen LogP contribution < -0.4 is 14.8 Å². The molecule has 0 aliphatic rings. The zero-order valence-corrected chi connectivity index (χ0v) is 14.0.